The molecule has 1 saturated carbocycles. The Bertz CT molecular complexity index is 285. The first kappa shape index (κ1) is 15.8. The van der Waals surface area contributed by atoms with E-state index < -0.39 is 0 Å². The van der Waals surface area contributed by atoms with Crippen molar-refractivity contribution in [1.29, 1.82) is 0 Å². The van der Waals surface area contributed by atoms with Crippen LogP contribution in [0.25, 0.3) is 0 Å². The van der Waals surface area contributed by atoms with Crippen LogP contribution >= 0.6 is 0 Å². The van der Waals surface area contributed by atoms with Crippen LogP contribution in [0.2, 0.25) is 0 Å². The molecule has 1 unspecified atom stereocenters. The van der Waals surface area contributed by atoms with Gasteiger partial charge in [0.25, 0.3) is 0 Å². The van der Waals surface area contributed by atoms with Gasteiger partial charge in [-0.25, -0.2) is 0 Å². The highest BCUT2D eigenvalue weighted by Gasteiger charge is 2.22. The van der Waals surface area contributed by atoms with Crippen LogP contribution in [0.1, 0.15) is 57.8 Å². The summed E-state index contributed by atoms with van der Waals surface area (Å²) in [5.41, 5.74) is 5.65. The summed E-state index contributed by atoms with van der Waals surface area (Å²) in [6.45, 7) is 3.47. The zero-order valence-corrected chi connectivity index (χ0v) is 12.8. The molecule has 2 rings (SSSR count). The molecule has 0 radical (unpaired) electrons. The fraction of sp³-hybridized carbons (Fsp3) is 0.938. The van der Waals surface area contributed by atoms with Gasteiger partial charge in [0.2, 0.25) is 5.91 Å². The third-order valence-electron chi connectivity index (χ3n) is 4.77. The Labute approximate surface area is 123 Å². The zero-order valence-electron chi connectivity index (χ0n) is 12.8. The standard InChI is InChI=1S/C16H31N3O/c17-10-9-14-6-5-11-19(12-14)13-16(20)18-15-7-3-1-2-4-8-15/h14-15H,1-13,17H2,(H,18,20). The van der Waals surface area contributed by atoms with Gasteiger partial charge < -0.3 is 11.1 Å². The normalized spacial score (nSPS) is 26.1. The molecule has 0 bridgehead atoms. The second-order valence-corrected chi connectivity index (χ2v) is 6.58. The number of carbonyl (C=O) groups is 1. The smallest absolute Gasteiger partial charge is 0.234 e. The molecule has 116 valence electrons. The van der Waals surface area contributed by atoms with Crippen molar-refractivity contribution in [3.8, 4) is 0 Å². The van der Waals surface area contributed by atoms with E-state index in [0.717, 1.165) is 26.1 Å². The number of likely N-dealkylation sites (tertiary alicyclic amines) is 1. The number of piperidine rings is 1. The summed E-state index contributed by atoms with van der Waals surface area (Å²) in [5.74, 6) is 0.921. The number of nitrogens with two attached hydrogens (primary N) is 1. The molecule has 1 aliphatic carbocycles. The highest BCUT2D eigenvalue weighted by atomic mass is 16.2. The molecule has 0 aromatic rings. The molecule has 3 N–H and O–H groups in total. The van der Waals surface area contributed by atoms with Crippen LogP contribution in [-0.2, 0) is 4.79 Å². The second kappa shape index (κ2) is 8.63. The lowest BCUT2D eigenvalue weighted by Crippen LogP contribution is -2.45. The summed E-state index contributed by atoms with van der Waals surface area (Å²) in [4.78, 5) is 14.5. The Balaban J connectivity index is 1.70. The summed E-state index contributed by atoms with van der Waals surface area (Å²) in [6, 6.07) is 0.426. The Morgan fingerprint density at radius 2 is 1.85 bits per heavy atom. The van der Waals surface area contributed by atoms with E-state index >= 15 is 0 Å². The van der Waals surface area contributed by atoms with Crippen molar-refractivity contribution in [3.63, 3.8) is 0 Å². The first-order valence-electron chi connectivity index (χ1n) is 8.49. The van der Waals surface area contributed by atoms with Crippen LogP contribution in [-0.4, -0.2) is 43.0 Å². The quantitative estimate of drug-likeness (QED) is 0.757. The van der Waals surface area contributed by atoms with Crippen molar-refractivity contribution in [3.05, 3.63) is 0 Å². The SMILES string of the molecule is NCCC1CCCN(CC(=O)NC2CCCCCC2)C1. The average Bonchev–Trinajstić information content (AvgIpc) is 2.68. The molecule has 0 spiro atoms. The lowest BCUT2D eigenvalue weighted by molar-refractivity contribution is -0.123. The van der Waals surface area contributed by atoms with Gasteiger partial charge in [-0.3, -0.25) is 9.69 Å². The van der Waals surface area contributed by atoms with Gasteiger partial charge in [0.05, 0.1) is 6.54 Å². The Morgan fingerprint density at radius 3 is 2.55 bits per heavy atom. The van der Waals surface area contributed by atoms with Crippen LogP contribution < -0.4 is 11.1 Å². The Morgan fingerprint density at radius 1 is 1.10 bits per heavy atom. The Hall–Kier alpha value is -0.610. The van der Waals surface area contributed by atoms with Crippen LogP contribution in [0, 0.1) is 5.92 Å². The van der Waals surface area contributed by atoms with Crippen molar-refractivity contribution < 1.29 is 4.79 Å². The first-order valence-corrected chi connectivity index (χ1v) is 8.49. The molecule has 2 aliphatic rings. The monoisotopic (exact) mass is 281 g/mol. The predicted molar refractivity (Wildman–Crippen MR) is 82.5 cm³/mol. The molecule has 0 aromatic carbocycles. The largest absolute Gasteiger partial charge is 0.352 e. The molecular formula is C16H31N3O. The molecule has 1 heterocycles. The molecular weight excluding hydrogens is 250 g/mol. The molecule has 4 nitrogen and oxygen atoms in total. The third-order valence-corrected chi connectivity index (χ3v) is 4.77. The maximum Gasteiger partial charge on any atom is 0.234 e. The molecule has 1 atom stereocenters. The number of rotatable bonds is 5. The second-order valence-electron chi connectivity index (χ2n) is 6.58. The van der Waals surface area contributed by atoms with Gasteiger partial charge >= 0.3 is 0 Å². The van der Waals surface area contributed by atoms with Gasteiger partial charge in [-0.05, 0) is 51.1 Å². The van der Waals surface area contributed by atoms with Crippen molar-refractivity contribution in [2.24, 2.45) is 11.7 Å². The van der Waals surface area contributed by atoms with E-state index in [9.17, 15) is 4.79 Å². The summed E-state index contributed by atoms with van der Waals surface area (Å²) in [7, 11) is 0. The van der Waals surface area contributed by atoms with E-state index in [-0.39, 0.29) is 5.91 Å². The summed E-state index contributed by atoms with van der Waals surface area (Å²) < 4.78 is 0. The van der Waals surface area contributed by atoms with Crippen molar-refractivity contribution in [2.75, 3.05) is 26.2 Å². The minimum absolute atomic E-state index is 0.227. The van der Waals surface area contributed by atoms with Crippen molar-refractivity contribution >= 4 is 5.91 Å². The van der Waals surface area contributed by atoms with E-state index in [1.54, 1.807) is 0 Å². The number of amides is 1. The van der Waals surface area contributed by atoms with Gasteiger partial charge in [0, 0.05) is 12.6 Å². The highest BCUT2D eigenvalue weighted by Crippen LogP contribution is 2.19. The fourth-order valence-corrected chi connectivity index (χ4v) is 3.67. The topological polar surface area (TPSA) is 58.4 Å². The number of hydrogen-bond donors (Lipinski definition) is 2. The lowest BCUT2D eigenvalue weighted by atomic mass is 9.95. The molecule has 2 fully saturated rings. The zero-order chi connectivity index (χ0) is 14.2. The summed E-state index contributed by atoms with van der Waals surface area (Å²) in [6.07, 6.45) is 11.1. The minimum Gasteiger partial charge on any atom is -0.352 e. The molecule has 0 aromatic heterocycles. The van der Waals surface area contributed by atoms with E-state index in [1.807, 2.05) is 0 Å². The predicted octanol–water partition coefficient (Wildman–Crippen LogP) is 1.89. The van der Waals surface area contributed by atoms with E-state index in [4.69, 9.17) is 5.73 Å². The van der Waals surface area contributed by atoms with E-state index in [2.05, 4.69) is 10.2 Å². The third kappa shape index (κ3) is 5.41. The maximum atomic E-state index is 12.2. The molecule has 1 aliphatic heterocycles. The first-order chi connectivity index (χ1) is 9.78. The molecule has 4 heteroatoms. The van der Waals surface area contributed by atoms with Gasteiger partial charge in [0.15, 0.2) is 0 Å². The van der Waals surface area contributed by atoms with Crippen LogP contribution in [0.3, 0.4) is 0 Å². The number of nitrogens with one attached hydrogen (secondary N) is 1. The molecule has 1 amide bonds. The van der Waals surface area contributed by atoms with E-state index in [1.165, 1.54) is 51.4 Å². The number of nitrogens with zero attached hydrogens (tertiary/aromatic N) is 1. The maximum absolute atomic E-state index is 12.2. The van der Waals surface area contributed by atoms with Gasteiger partial charge in [0.1, 0.15) is 0 Å². The lowest BCUT2D eigenvalue weighted by Gasteiger charge is -2.32. The van der Waals surface area contributed by atoms with Crippen molar-refractivity contribution in [1.82, 2.24) is 10.2 Å². The minimum atomic E-state index is 0.227. The number of hydrogen-bond acceptors (Lipinski definition) is 3. The molecule has 20 heavy (non-hydrogen) atoms. The fourth-order valence-electron chi connectivity index (χ4n) is 3.67. The van der Waals surface area contributed by atoms with Crippen molar-refractivity contribution in [2.45, 2.75) is 63.8 Å². The van der Waals surface area contributed by atoms with Gasteiger partial charge in [-0.1, -0.05) is 25.7 Å². The van der Waals surface area contributed by atoms with E-state index in [0.29, 0.717) is 18.5 Å². The highest BCUT2D eigenvalue weighted by molar-refractivity contribution is 5.78. The summed E-state index contributed by atoms with van der Waals surface area (Å²) >= 11 is 0. The molecule has 1 saturated heterocycles. The van der Waals surface area contributed by atoms with Gasteiger partial charge in [-0.2, -0.15) is 0 Å². The summed E-state index contributed by atoms with van der Waals surface area (Å²) in [5, 5.41) is 3.25. The van der Waals surface area contributed by atoms with Crippen LogP contribution in [0.4, 0.5) is 0 Å². The van der Waals surface area contributed by atoms with Gasteiger partial charge in [-0.15, -0.1) is 0 Å². The Kier molecular flexibility index (Phi) is 6.80. The van der Waals surface area contributed by atoms with Crippen LogP contribution in [0.15, 0.2) is 0 Å². The number of carbonyl (C=O) groups excluding carboxylic acids is 1. The van der Waals surface area contributed by atoms with Crippen LogP contribution in [0.5, 0.6) is 0 Å². The average molecular weight is 281 g/mol.